The average Bonchev–Trinajstić information content (AvgIpc) is 2.83. The van der Waals surface area contributed by atoms with E-state index < -0.39 is 23.4 Å². The standard InChI is InChI=1S/C24H29N3O6/c1-17-10-13-26(14-11-17)21-8-5-19(15-22(21)27(30)31)24(29)33-16-23(28)25-12-9-18-3-6-20(32-2)7-4-18/h3-8,15,17H,9-14,16H2,1-2H3,(H,25,28). The average molecular weight is 456 g/mol. The van der Waals surface area contributed by atoms with E-state index in [4.69, 9.17) is 9.47 Å². The van der Waals surface area contributed by atoms with Crippen LogP contribution in [0, 0.1) is 16.0 Å². The number of hydrogen-bond acceptors (Lipinski definition) is 7. The molecule has 0 spiro atoms. The minimum Gasteiger partial charge on any atom is -0.497 e. The molecule has 3 rings (SSSR count). The molecule has 1 aliphatic rings. The lowest BCUT2D eigenvalue weighted by molar-refractivity contribution is -0.384. The quantitative estimate of drug-likeness (QED) is 0.351. The molecule has 0 atom stereocenters. The maximum Gasteiger partial charge on any atom is 0.338 e. The maximum atomic E-state index is 12.4. The molecule has 0 aliphatic carbocycles. The summed E-state index contributed by atoms with van der Waals surface area (Å²) in [5, 5.41) is 14.3. The van der Waals surface area contributed by atoms with Gasteiger partial charge in [0, 0.05) is 25.7 Å². The van der Waals surface area contributed by atoms with E-state index in [0.29, 0.717) is 24.6 Å². The monoisotopic (exact) mass is 455 g/mol. The number of methoxy groups -OCH3 is 1. The van der Waals surface area contributed by atoms with Gasteiger partial charge in [-0.25, -0.2) is 4.79 Å². The van der Waals surface area contributed by atoms with Gasteiger partial charge in [-0.1, -0.05) is 19.1 Å². The molecule has 1 saturated heterocycles. The molecule has 1 aliphatic heterocycles. The number of nitro benzene ring substituents is 1. The van der Waals surface area contributed by atoms with Gasteiger partial charge in [-0.05, 0) is 55.0 Å². The molecule has 1 amide bonds. The minimum atomic E-state index is -0.776. The zero-order chi connectivity index (χ0) is 23.8. The van der Waals surface area contributed by atoms with Crippen LogP contribution < -0.4 is 15.0 Å². The van der Waals surface area contributed by atoms with Crippen molar-refractivity contribution in [2.24, 2.45) is 5.92 Å². The fourth-order valence-electron chi connectivity index (χ4n) is 3.72. The Morgan fingerprint density at radius 1 is 1.15 bits per heavy atom. The molecule has 1 N–H and O–H groups in total. The summed E-state index contributed by atoms with van der Waals surface area (Å²) in [4.78, 5) is 37.5. The van der Waals surface area contributed by atoms with Crippen molar-refractivity contribution in [3.63, 3.8) is 0 Å². The second kappa shape index (κ2) is 11.3. The van der Waals surface area contributed by atoms with Crippen molar-refractivity contribution in [1.29, 1.82) is 0 Å². The first-order valence-corrected chi connectivity index (χ1v) is 11.0. The van der Waals surface area contributed by atoms with Crippen molar-refractivity contribution in [2.45, 2.75) is 26.2 Å². The van der Waals surface area contributed by atoms with Gasteiger partial charge >= 0.3 is 5.97 Å². The van der Waals surface area contributed by atoms with Gasteiger partial charge in [-0.15, -0.1) is 0 Å². The number of carbonyl (C=O) groups is 2. The smallest absolute Gasteiger partial charge is 0.338 e. The fraction of sp³-hybridized carbons (Fsp3) is 0.417. The van der Waals surface area contributed by atoms with E-state index in [0.717, 1.165) is 37.2 Å². The summed E-state index contributed by atoms with van der Waals surface area (Å²) in [6, 6.07) is 11.8. The van der Waals surface area contributed by atoms with Gasteiger partial charge in [0.15, 0.2) is 6.61 Å². The normalized spacial score (nSPS) is 13.9. The lowest BCUT2D eigenvalue weighted by Gasteiger charge is -2.31. The van der Waals surface area contributed by atoms with E-state index in [9.17, 15) is 19.7 Å². The fourth-order valence-corrected chi connectivity index (χ4v) is 3.72. The highest BCUT2D eigenvalue weighted by Crippen LogP contribution is 2.32. The van der Waals surface area contributed by atoms with Crippen LogP contribution in [0.2, 0.25) is 0 Å². The molecule has 9 heteroatoms. The first kappa shape index (κ1) is 24.0. The summed E-state index contributed by atoms with van der Waals surface area (Å²) in [6.45, 7) is 3.57. The maximum absolute atomic E-state index is 12.4. The van der Waals surface area contributed by atoms with E-state index in [1.807, 2.05) is 29.2 Å². The van der Waals surface area contributed by atoms with E-state index in [2.05, 4.69) is 12.2 Å². The molecule has 0 bridgehead atoms. The first-order valence-electron chi connectivity index (χ1n) is 11.0. The molecule has 9 nitrogen and oxygen atoms in total. The first-order chi connectivity index (χ1) is 15.9. The number of anilines is 1. The minimum absolute atomic E-state index is 0.0434. The van der Waals surface area contributed by atoms with Crippen LogP contribution in [0.5, 0.6) is 5.75 Å². The van der Waals surface area contributed by atoms with Gasteiger partial charge in [0.1, 0.15) is 11.4 Å². The summed E-state index contributed by atoms with van der Waals surface area (Å²) >= 11 is 0. The molecule has 2 aromatic rings. The van der Waals surface area contributed by atoms with E-state index >= 15 is 0 Å². The Balaban J connectivity index is 1.51. The van der Waals surface area contributed by atoms with E-state index in [1.165, 1.54) is 12.1 Å². The lowest BCUT2D eigenvalue weighted by Crippen LogP contribution is -2.33. The van der Waals surface area contributed by atoms with Crippen LogP contribution in [0.1, 0.15) is 35.7 Å². The highest BCUT2D eigenvalue weighted by molar-refractivity contribution is 5.93. The van der Waals surface area contributed by atoms with Crippen LogP contribution in [0.25, 0.3) is 0 Å². The Kier molecular flexibility index (Phi) is 8.23. The number of carbonyl (C=O) groups excluding carboxylic acids is 2. The van der Waals surface area contributed by atoms with Crippen LogP contribution in [0.3, 0.4) is 0 Å². The second-order valence-corrected chi connectivity index (χ2v) is 8.15. The largest absolute Gasteiger partial charge is 0.497 e. The Morgan fingerprint density at radius 2 is 1.85 bits per heavy atom. The summed E-state index contributed by atoms with van der Waals surface area (Å²) in [7, 11) is 1.60. The van der Waals surface area contributed by atoms with Gasteiger partial charge in [0.05, 0.1) is 17.6 Å². The zero-order valence-corrected chi connectivity index (χ0v) is 18.9. The van der Waals surface area contributed by atoms with Gasteiger partial charge < -0.3 is 19.7 Å². The van der Waals surface area contributed by atoms with Crippen molar-refractivity contribution in [1.82, 2.24) is 5.32 Å². The number of esters is 1. The SMILES string of the molecule is COc1ccc(CCNC(=O)COC(=O)c2ccc(N3CCC(C)CC3)c([N+](=O)[O-])c2)cc1. The van der Waals surface area contributed by atoms with Crippen molar-refractivity contribution in [3.05, 3.63) is 63.7 Å². The molecule has 0 saturated carbocycles. The Labute approximate surface area is 192 Å². The zero-order valence-electron chi connectivity index (χ0n) is 18.9. The summed E-state index contributed by atoms with van der Waals surface area (Å²) in [5.74, 6) is 0.137. The lowest BCUT2D eigenvalue weighted by atomic mass is 9.98. The third-order valence-corrected chi connectivity index (χ3v) is 5.76. The molecule has 0 aromatic heterocycles. The topological polar surface area (TPSA) is 111 Å². The molecule has 2 aromatic carbocycles. The number of nitrogens with one attached hydrogen (secondary N) is 1. The van der Waals surface area contributed by atoms with E-state index in [-0.39, 0.29) is 11.3 Å². The van der Waals surface area contributed by atoms with Crippen LogP contribution in [0.15, 0.2) is 42.5 Å². The summed E-state index contributed by atoms with van der Waals surface area (Å²) < 4.78 is 10.2. The molecular formula is C24H29N3O6. The number of nitrogens with zero attached hydrogens (tertiary/aromatic N) is 2. The van der Waals surface area contributed by atoms with Crippen LogP contribution in [-0.2, 0) is 16.0 Å². The van der Waals surface area contributed by atoms with Crippen LogP contribution in [-0.4, -0.2) is 50.2 Å². The number of amides is 1. The van der Waals surface area contributed by atoms with Gasteiger partial charge in [-0.3, -0.25) is 14.9 Å². The predicted molar refractivity (Wildman–Crippen MR) is 124 cm³/mol. The Morgan fingerprint density at radius 3 is 2.48 bits per heavy atom. The number of rotatable bonds is 9. The highest BCUT2D eigenvalue weighted by Gasteiger charge is 2.25. The van der Waals surface area contributed by atoms with Crippen molar-refractivity contribution >= 4 is 23.3 Å². The van der Waals surface area contributed by atoms with Gasteiger partial charge in [0.2, 0.25) is 0 Å². The number of piperidine rings is 1. The van der Waals surface area contributed by atoms with Crippen LogP contribution in [0.4, 0.5) is 11.4 Å². The number of nitro groups is 1. The van der Waals surface area contributed by atoms with Crippen LogP contribution >= 0.6 is 0 Å². The third-order valence-electron chi connectivity index (χ3n) is 5.76. The molecule has 0 radical (unpaired) electrons. The Hall–Kier alpha value is -3.62. The molecule has 1 heterocycles. The third kappa shape index (κ3) is 6.68. The predicted octanol–water partition coefficient (Wildman–Crippen LogP) is 3.36. The number of hydrogen-bond donors (Lipinski definition) is 1. The van der Waals surface area contributed by atoms with Crippen molar-refractivity contribution in [3.8, 4) is 5.75 Å². The molecule has 1 fully saturated rings. The molecule has 176 valence electrons. The second-order valence-electron chi connectivity index (χ2n) is 8.15. The van der Waals surface area contributed by atoms with Crippen molar-refractivity contribution < 1.29 is 24.0 Å². The Bertz CT molecular complexity index is 984. The van der Waals surface area contributed by atoms with Crippen molar-refractivity contribution in [2.75, 3.05) is 38.3 Å². The highest BCUT2D eigenvalue weighted by atomic mass is 16.6. The number of benzene rings is 2. The molecule has 33 heavy (non-hydrogen) atoms. The summed E-state index contributed by atoms with van der Waals surface area (Å²) in [6.07, 6.45) is 2.55. The van der Waals surface area contributed by atoms with E-state index in [1.54, 1.807) is 13.2 Å². The molecular weight excluding hydrogens is 426 g/mol. The summed E-state index contributed by atoms with van der Waals surface area (Å²) in [5.41, 5.74) is 1.44. The van der Waals surface area contributed by atoms with Gasteiger partial charge in [-0.2, -0.15) is 0 Å². The van der Waals surface area contributed by atoms with Gasteiger partial charge in [0.25, 0.3) is 11.6 Å². The molecule has 0 unspecified atom stereocenters. The number of ether oxygens (including phenoxy) is 2.